The van der Waals surface area contributed by atoms with Crippen LogP contribution in [-0.4, -0.2) is 53.0 Å². The molecule has 7 nitrogen and oxygen atoms in total. The van der Waals surface area contributed by atoms with Crippen LogP contribution in [0.5, 0.6) is 0 Å². The van der Waals surface area contributed by atoms with Crippen LogP contribution in [0.25, 0.3) is 0 Å². The van der Waals surface area contributed by atoms with Crippen molar-refractivity contribution in [1.29, 1.82) is 0 Å². The van der Waals surface area contributed by atoms with E-state index >= 15 is 0 Å². The molecule has 2 aliphatic rings. The van der Waals surface area contributed by atoms with E-state index < -0.39 is 5.60 Å². The summed E-state index contributed by atoms with van der Waals surface area (Å²) in [6.45, 7) is 10.0. The van der Waals surface area contributed by atoms with Gasteiger partial charge in [0.25, 0.3) is 0 Å². The van der Waals surface area contributed by atoms with E-state index in [0.29, 0.717) is 6.61 Å². The average molecular weight is 427 g/mol. The van der Waals surface area contributed by atoms with E-state index in [1.54, 1.807) is 12.4 Å². The summed E-state index contributed by atoms with van der Waals surface area (Å²) in [5.41, 5.74) is -0.848. The molecule has 2 fully saturated rings. The molecular formula is C18H27BrN4O3. The molecule has 8 heteroatoms. The lowest BCUT2D eigenvalue weighted by Crippen LogP contribution is -2.57. The number of carbonyl (C=O) groups excluding carboxylic acids is 1. The largest absolute Gasteiger partial charge is 0.444 e. The smallest absolute Gasteiger partial charge is 0.407 e. The minimum atomic E-state index is -0.510. The highest BCUT2D eigenvalue weighted by molar-refractivity contribution is 9.10. The van der Waals surface area contributed by atoms with E-state index in [4.69, 9.17) is 9.47 Å². The molecule has 3 rings (SSSR count). The van der Waals surface area contributed by atoms with Gasteiger partial charge in [-0.1, -0.05) is 6.92 Å². The lowest BCUT2D eigenvalue weighted by atomic mass is 9.81. The van der Waals surface area contributed by atoms with Crippen molar-refractivity contribution in [1.82, 2.24) is 15.3 Å². The molecule has 144 valence electrons. The third kappa shape index (κ3) is 4.28. The van der Waals surface area contributed by atoms with Crippen LogP contribution in [0.15, 0.2) is 17.0 Å². The second-order valence-electron chi connectivity index (χ2n) is 8.16. The average Bonchev–Trinajstić information content (AvgIpc) is 2.84. The Hall–Kier alpha value is -1.41. The molecule has 0 bridgehead atoms. The zero-order valence-corrected chi connectivity index (χ0v) is 17.4. The molecular weight excluding hydrogens is 400 g/mol. The second-order valence-corrected chi connectivity index (χ2v) is 8.97. The standard InChI is InChI=1S/C18H27BrN4O3/c1-12-11-25-18(15(12)22-16(24)26-17(2,3)4)5-7-23(8-6-18)14-10-20-13(19)9-21-14/h9-10,12,15H,5-8,11H2,1-4H3,(H,22,24)/t12-,15-/m1/s1. The Labute approximate surface area is 163 Å². The monoisotopic (exact) mass is 426 g/mol. The molecule has 2 saturated heterocycles. The summed E-state index contributed by atoms with van der Waals surface area (Å²) in [7, 11) is 0. The van der Waals surface area contributed by atoms with Gasteiger partial charge in [0.2, 0.25) is 0 Å². The third-order valence-electron chi connectivity index (χ3n) is 4.98. The van der Waals surface area contributed by atoms with Crippen molar-refractivity contribution in [3.05, 3.63) is 17.0 Å². The Kier molecular flexibility index (Phi) is 5.44. The quantitative estimate of drug-likeness (QED) is 0.782. The van der Waals surface area contributed by atoms with Gasteiger partial charge in [-0.05, 0) is 49.5 Å². The van der Waals surface area contributed by atoms with Gasteiger partial charge in [-0.3, -0.25) is 0 Å². The van der Waals surface area contributed by atoms with Crippen molar-refractivity contribution in [2.45, 2.75) is 57.8 Å². The van der Waals surface area contributed by atoms with Crippen LogP contribution in [0.1, 0.15) is 40.5 Å². The van der Waals surface area contributed by atoms with Gasteiger partial charge >= 0.3 is 6.09 Å². The number of nitrogens with one attached hydrogen (secondary N) is 1. The molecule has 2 aliphatic heterocycles. The molecule has 26 heavy (non-hydrogen) atoms. The van der Waals surface area contributed by atoms with Gasteiger partial charge in [0.15, 0.2) is 0 Å². The van der Waals surface area contributed by atoms with Crippen molar-refractivity contribution in [2.24, 2.45) is 5.92 Å². The molecule has 0 aliphatic carbocycles. The van der Waals surface area contributed by atoms with Crippen LogP contribution >= 0.6 is 15.9 Å². The molecule has 1 amide bonds. The molecule has 1 N–H and O–H groups in total. The van der Waals surface area contributed by atoms with Gasteiger partial charge in [-0.15, -0.1) is 0 Å². The number of ether oxygens (including phenoxy) is 2. The number of hydrogen-bond acceptors (Lipinski definition) is 6. The van der Waals surface area contributed by atoms with Gasteiger partial charge in [-0.2, -0.15) is 0 Å². The summed E-state index contributed by atoms with van der Waals surface area (Å²) in [5.74, 6) is 1.12. The third-order valence-corrected chi connectivity index (χ3v) is 5.39. The number of hydrogen-bond donors (Lipinski definition) is 1. The summed E-state index contributed by atoms with van der Waals surface area (Å²) < 4.78 is 12.4. The Morgan fingerprint density at radius 1 is 1.35 bits per heavy atom. The normalized spacial score (nSPS) is 25.3. The fraction of sp³-hybridized carbons (Fsp3) is 0.722. The predicted octanol–water partition coefficient (Wildman–Crippen LogP) is 3.14. The molecule has 1 aromatic rings. The maximum atomic E-state index is 12.3. The maximum Gasteiger partial charge on any atom is 0.407 e. The van der Waals surface area contributed by atoms with Gasteiger partial charge in [-0.25, -0.2) is 14.8 Å². The topological polar surface area (TPSA) is 76.6 Å². The first-order chi connectivity index (χ1) is 12.2. The van der Waals surface area contributed by atoms with Crippen LogP contribution in [0.4, 0.5) is 10.6 Å². The number of aromatic nitrogens is 2. The van der Waals surface area contributed by atoms with E-state index in [2.05, 4.69) is 43.0 Å². The number of carbonyl (C=O) groups is 1. The fourth-order valence-corrected chi connectivity index (χ4v) is 3.95. The van der Waals surface area contributed by atoms with Crippen molar-refractivity contribution in [3.63, 3.8) is 0 Å². The Morgan fingerprint density at radius 3 is 2.62 bits per heavy atom. The molecule has 0 unspecified atom stereocenters. The predicted molar refractivity (Wildman–Crippen MR) is 102 cm³/mol. The van der Waals surface area contributed by atoms with Crippen molar-refractivity contribution in [3.8, 4) is 0 Å². The number of anilines is 1. The summed E-state index contributed by atoms with van der Waals surface area (Å²) in [5, 5.41) is 3.07. The fourth-order valence-electron chi connectivity index (χ4n) is 3.75. The number of nitrogens with zero attached hydrogens (tertiary/aromatic N) is 3. The summed E-state index contributed by atoms with van der Waals surface area (Å²) in [4.78, 5) is 23.2. The van der Waals surface area contributed by atoms with E-state index in [1.165, 1.54) is 0 Å². The van der Waals surface area contributed by atoms with E-state index in [0.717, 1.165) is 36.4 Å². The lowest BCUT2D eigenvalue weighted by molar-refractivity contribution is -0.0316. The van der Waals surface area contributed by atoms with Crippen LogP contribution in [0.2, 0.25) is 0 Å². The highest BCUT2D eigenvalue weighted by Crippen LogP contribution is 2.39. The van der Waals surface area contributed by atoms with Gasteiger partial charge in [0.05, 0.1) is 30.6 Å². The van der Waals surface area contributed by atoms with Crippen molar-refractivity contribution < 1.29 is 14.3 Å². The Bertz CT molecular complexity index is 639. The zero-order chi connectivity index (χ0) is 18.9. The van der Waals surface area contributed by atoms with Gasteiger partial charge < -0.3 is 19.7 Å². The molecule has 1 spiro atoms. The van der Waals surface area contributed by atoms with Crippen LogP contribution < -0.4 is 10.2 Å². The minimum absolute atomic E-state index is 0.0458. The van der Waals surface area contributed by atoms with Crippen molar-refractivity contribution >= 4 is 27.8 Å². The first kappa shape index (κ1) is 19.4. The Balaban J connectivity index is 1.65. The SMILES string of the molecule is C[C@@H]1COC2(CCN(c3cnc(Br)cn3)CC2)[C@@H]1NC(=O)OC(C)(C)C. The highest BCUT2D eigenvalue weighted by Gasteiger charge is 2.50. The van der Waals surface area contributed by atoms with Crippen LogP contribution in [0, 0.1) is 5.92 Å². The number of rotatable bonds is 2. The summed E-state index contributed by atoms with van der Waals surface area (Å²) >= 11 is 3.31. The first-order valence-electron chi connectivity index (χ1n) is 9.04. The minimum Gasteiger partial charge on any atom is -0.444 e. The number of alkyl carbamates (subject to hydrolysis) is 1. The molecule has 0 radical (unpaired) electrons. The number of halogens is 1. The van der Waals surface area contributed by atoms with Crippen LogP contribution in [0.3, 0.4) is 0 Å². The Morgan fingerprint density at radius 2 is 2.04 bits per heavy atom. The molecule has 0 saturated carbocycles. The van der Waals surface area contributed by atoms with E-state index in [9.17, 15) is 4.79 Å². The lowest BCUT2D eigenvalue weighted by Gasteiger charge is -2.43. The summed E-state index contributed by atoms with van der Waals surface area (Å²) in [6.07, 6.45) is 4.77. The van der Waals surface area contributed by atoms with E-state index in [1.807, 2.05) is 20.8 Å². The zero-order valence-electron chi connectivity index (χ0n) is 15.8. The van der Waals surface area contributed by atoms with Crippen molar-refractivity contribution in [2.75, 3.05) is 24.6 Å². The maximum absolute atomic E-state index is 12.3. The number of amides is 1. The molecule has 1 aromatic heterocycles. The molecule has 0 aromatic carbocycles. The number of piperidine rings is 1. The highest BCUT2D eigenvalue weighted by atomic mass is 79.9. The first-order valence-corrected chi connectivity index (χ1v) is 9.84. The van der Waals surface area contributed by atoms with Crippen LogP contribution in [-0.2, 0) is 9.47 Å². The van der Waals surface area contributed by atoms with Gasteiger partial charge in [0.1, 0.15) is 16.0 Å². The molecule has 3 heterocycles. The van der Waals surface area contributed by atoms with Gasteiger partial charge in [0, 0.05) is 19.0 Å². The molecule has 2 atom stereocenters. The van der Waals surface area contributed by atoms with E-state index in [-0.39, 0.29) is 23.7 Å². The second kappa shape index (κ2) is 7.31. The summed E-state index contributed by atoms with van der Waals surface area (Å²) in [6, 6.07) is -0.0458.